The van der Waals surface area contributed by atoms with E-state index in [1.54, 1.807) is 0 Å². The minimum Gasteiger partial charge on any atom is -0.467 e. The van der Waals surface area contributed by atoms with Crippen LogP contribution in [0.5, 0.6) is 0 Å². The lowest BCUT2D eigenvalue weighted by molar-refractivity contribution is -0.143. The zero-order chi connectivity index (χ0) is 18.4. The van der Waals surface area contributed by atoms with Crippen molar-refractivity contribution in [1.29, 1.82) is 0 Å². The molecule has 0 aromatic heterocycles. The Morgan fingerprint density at radius 2 is 1.76 bits per heavy atom. The van der Waals surface area contributed by atoms with Gasteiger partial charge in [0, 0.05) is 24.5 Å². The molecule has 0 spiro atoms. The van der Waals surface area contributed by atoms with Gasteiger partial charge in [0.05, 0.1) is 7.11 Å². The van der Waals surface area contributed by atoms with Crippen LogP contribution in [0.3, 0.4) is 0 Å². The molecule has 0 aliphatic carbocycles. The molecule has 2 N–H and O–H groups in total. The molecule has 2 amide bonds. The number of amides is 2. The molecule has 6 heteroatoms. The Balaban J connectivity index is 1.91. The summed E-state index contributed by atoms with van der Waals surface area (Å²) in [6.45, 7) is 8.15. The SMILES string of the molecule is COC(=O)C(NC(=O)Nc1ccc(N2CCC(C)CC2)cc1)C(C)C. The predicted octanol–water partition coefficient (Wildman–Crippen LogP) is 3.24. The van der Waals surface area contributed by atoms with Gasteiger partial charge in [-0.05, 0) is 48.9 Å². The van der Waals surface area contributed by atoms with Gasteiger partial charge in [0.15, 0.2) is 0 Å². The zero-order valence-electron chi connectivity index (χ0n) is 15.5. The van der Waals surface area contributed by atoms with E-state index in [9.17, 15) is 9.59 Å². The van der Waals surface area contributed by atoms with Crippen molar-refractivity contribution in [2.24, 2.45) is 11.8 Å². The summed E-state index contributed by atoms with van der Waals surface area (Å²) >= 11 is 0. The molecule has 1 aromatic carbocycles. The highest BCUT2D eigenvalue weighted by atomic mass is 16.5. The number of hydrogen-bond donors (Lipinski definition) is 2. The summed E-state index contributed by atoms with van der Waals surface area (Å²) in [5, 5.41) is 5.43. The number of hydrogen-bond acceptors (Lipinski definition) is 4. The average Bonchev–Trinajstić information content (AvgIpc) is 2.60. The van der Waals surface area contributed by atoms with Crippen molar-refractivity contribution in [2.75, 3.05) is 30.4 Å². The van der Waals surface area contributed by atoms with E-state index >= 15 is 0 Å². The lowest BCUT2D eigenvalue weighted by Gasteiger charge is -2.32. The van der Waals surface area contributed by atoms with Crippen LogP contribution in [0.4, 0.5) is 16.2 Å². The molecule has 0 bridgehead atoms. The second-order valence-electron chi connectivity index (χ2n) is 7.06. The maximum absolute atomic E-state index is 12.1. The van der Waals surface area contributed by atoms with Crippen LogP contribution in [-0.4, -0.2) is 38.2 Å². The lowest BCUT2D eigenvalue weighted by atomic mass is 9.99. The van der Waals surface area contributed by atoms with Gasteiger partial charge in [-0.15, -0.1) is 0 Å². The number of rotatable bonds is 5. The predicted molar refractivity (Wildman–Crippen MR) is 99.8 cm³/mol. The summed E-state index contributed by atoms with van der Waals surface area (Å²) in [6, 6.07) is 6.73. The third-order valence-corrected chi connectivity index (χ3v) is 4.68. The van der Waals surface area contributed by atoms with Crippen molar-refractivity contribution >= 4 is 23.4 Å². The van der Waals surface area contributed by atoms with E-state index in [1.807, 2.05) is 38.1 Å². The van der Waals surface area contributed by atoms with E-state index < -0.39 is 18.0 Å². The number of urea groups is 1. The molecule has 1 heterocycles. The Kier molecular flexibility index (Phi) is 6.67. The lowest BCUT2D eigenvalue weighted by Crippen LogP contribution is -2.46. The monoisotopic (exact) mass is 347 g/mol. The Hall–Kier alpha value is -2.24. The van der Waals surface area contributed by atoms with Gasteiger partial charge in [-0.2, -0.15) is 0 Å². The Labute approximate surface area is 149 Å². The Bertz CT molecular complexity index is 578. The van der Waals surface area contributed by atoms with Crippen molar-refractivity contribution in [3.05, 3.63) is 24.3 Å². The molecule has 0 radical (unpaired) electrons. The number of anilines is 2. The molecule has 138 valence electrons. The molecule has 1 fully saturated rings. The van der Waals surface area contributed by atoms with Crippen LogP contribution in [0.15, 0.2) is 24.3 Å². The van der Waals surface area contributed by atoms with Crippen molar-refractivity contribution in [3.63, 3.8) is 0 Å². The molecule has 1 saturated heterocycles. The number of esters is 1. The summed E-state index contributed by atoms with van der Waals surface area (Å²) in [4.78, 5) is 26.2. The number of ether oxygens (including phenoxy) is 1. The summed E-state index contributed by atoms with van der Waals surface area (Å²) < 4.78 is 4.73. The number of nitrogens with one attached hydrogen (secondary N) is 2. The number of benzene rings is 1. The molecule has 6 nitrogen and oxygen atoms in total. The molecule has 1 aromatic rings. The first kappa shape index (κ1) is 19.1. The van der Waals surface area contributed by atoms with Crippen LogP contribution >= 0.6 is 0 Å². The molecule has 1 aliphatic rings. The van der Waals surface area contributed by atoms with Crippen molar-refractivity contribution in [1.82, 2.24) is 5.32 Å². The van der Waals surface area contributed by atoms with Gasteiger partial charge < -0.3 is 20.3 Å². The number of methoxy groups -OCH3 is 1. The fourth-order valence-corrected chi connectivity index (χ4v) is 2.96. The van der Waals surface area contributed by atoms with Gasteiger partial charge >= 0.3 is 12.0 Å². The minimum absolute atomic E-state index is 0.0536. The first-order valence-electron chi connectivity index (χ1n) is 8.91. The van der Waals surface area contributed by atoms with Crippen LogP contribution < -0.4 is 15.5 Å². The second-order valence-corrected chi connectivity index (χ2v) is 7.06. The van der Waals surface area contributed by atoms with Crippen LogP contribution in [0, 0.1) is 11.8 Å². The second kappa shape index (κ2) is 8.74. The maximum Gasteiger partial charge on any atom is 0.328 e. The van der Waals surface area contributed by atoms with Gasteiger partial charge in [-0.1, -0.05) is 20.8 Å². The third-order valence-electron chi connectivity index (χ3n) is 4.68. The first-order valence-corrected chi connectivity index (χ1v) is 8.91. The summed E-state index contributed by atoms with van der Waals surface area (Å²) in [6.07, 6.45) is 2.43. The van der Waals surface area contributed by atoms with E-state index in [-0.39, 0.29) is 5.92 Å². The van der Waals surface area contributed by atoms with E-state index in [0.717, 1.165) is 19.0 Å². The highest BCUT2D eigenvalue weighted by Crippen LogP contribution is 2.24. The molecule has 25 heavy (non-hydrogen) atoms. The minimum atomic E-state index is -0.667. The summed E-state index contributed by atoms with van der Waals surface area (Å²) in [7, 11) is 1.32. The summed E-state index contributed by atoms with van der Waals surface area (Å²) in [5.74, 6) is 0.298. The van der Waals surface area contributed by atoms with Crippen molar-refractivity contribution < 1.29 is 14.3 Å². The maximum atomic E-state index is 12.1. The Morgan fingerprint density at radius 1 is 1.16 bits per heavy atom. The molecular weight excluding hydrogens is 318 g/mol. The number of carbonyl (C=O) groups is 2. The van der Waals surface area contributed by atoms with Gasteiger partial charge in [-0.25, -0.2) is 9.59 Å². The molecule has 1 unspecified atom stereocenters. The highest BCUT2D eigenvalue weighted by Gasteiger charge is 2.24. The average molecular weight is 347 g/mol. The number of piperidine rings is 1. The zero-order valence-corrected chi connectivity index (χ0v) is 15.5. The van der Waals surface area contributed by atoms with Crippen LogP contribution in [-0.2, 0) is 9.53 Å². The van der Waals surface area contributed by atoms with Gasteiger partial charge in [0.25, 0.3) is 0 Å². The fraction of sp³-hybridized carbons (Fsp3) is 0.579. The molecule has 1 atom stereocenters. The standard InChI is InChI=1S/C19H29N3O3/c1-13(2)17(18(23)25-4)21-19(24)20-15-5-7-16(8-6-15)22-11-9-14(3)10-12-22/h5-8,13-14,17H,9-12H2,1-4H3,(H2,20,21,24). The summed E-state index contributed by atoms with van der Waals surface area (Å²) in [5.41, 5.74) is 1.87. The van der Waals surface area contributed by atoms with Gasteiger partial charge in [0.2, 0.25) is 0 Å². The van der Waals surface area contributed by atoms with Gasteiger partial charge in [-0.3, -0.25) is 0 Å². The Morgan fingerprint density at radius 3 is 2.28 bits per heavy atom. The van der Waals surface area contributed by atoms with E-state index in [1.165, 1.54) is 25.6 Å². The van der Waals surface area contributed by atoms with Crippen molar-refractivity contribution in [2.45, 2.75) is 39.7 Å². The molecular formula is C19H29N3O3. The van der Waals surface area contributed by atoms with Crippen LogP contribution in [0.2, 0.25) is 0 Å². The highest BCUT2D eigenvalue weighted by molar-refractivity contribution is 5.92. The fourth-order valence-electron chi connectivity index (χ4n) is 2.96. The largest absolute Gasteiger partial charge is 0.467 e. The van der Waals surface area contributed by atoms with Gasteiger partial charge in [0.1, 0.15) is 6.04 Å². The molecule has 2 rings (SSSR count). The van der Waals surface area contributed by atoms with E-state index in [0.29, 0.717) is 5.69 Å². The third kappa shape index (κ3) is 5.37. The first-order chi connectivity index (χ1) is 11.9. The van der Waals surface area contributed by atoms with E-state index in [4.69, 9.17) is 4.74 Å². The molecule has 0 saturated carbocycles. The number of carbonyl (C=O) groups excluding carboxylic acids is 2. The quantitative estimate of drug-likeness (QED) is 0.802. The van der Waals surface area contributed by atoms with Crippen molar-refractivity contribution in [3.8, 4) is 0 Å². The molecule has 1 aliphatic heterocycles. The van der Waals surface area contributed by atoms with Crippen LogP contribution in [0.1, 0.15) is 33.6 Å². The smallest absolute Gasteiger partial charge is 0.328 e. The number of nitrogens with zero attached hydrogens (tertiary/aromatic N) is 1. The topological polar surface area (TPSA) is 70.7 Å². The normalized spacial score (nSPS) is 16.4. The van der Waals surface area contributed by atoms with Crippen LogP contribution in [0.25, 0.3) is 0 Å². The van der Waals surface area contributed by atoms with E-state index in [2.05, 4.69) is 22.5 Å².